The molecule has 0 aliphatic heterocycles. The van der Waals surface area contributed by atoms with Gasteiger partial charge in [0.1, 0.15) is 5.82 Å². The lowest BCUT2D eigenvalue weighted by atomic mass is 10.1. The molecule has 0 atom stereocenters. The molecule has 5 nitrogen and oxygen atoms in total. The fourth-order valence-corrected chi connectivity index (χ4v) is 2.31. The molecule has 0 bridgehead atoms. The van der Waals surface area contributed by atoms with Crippen molar-refractivity contribution in [2.24, 2.45) is 0 Å². The van der Waals surface area contributed by atoms with Gasteiger partial charge in [-0.25, -0.2) is 4.98 Å². The quantitative estimate of drug-likeness (QED) is 0.659. The summed E-state index contributed by atoms with van der Waals surface area (Å²) in [4.78, 5) is 8.94. The number of nitrogens with one attached hydrogen (secondary N) is 2. The Labute approximate surface area is 138 Å². The number of hydrogen-bond acceptors (Lipinski definition) is 5. The zero-order valence-electron chi connectivity index (χ0n) is 14.0. The Bertz CT molecular complexity index is 574. The minimum Gasteiger partial charge on any atom is -0.385 e. The minimum atomic E-state index is 0.687. The van der Waals surface area contributed by atoms with Crippen LogP contribution < -0.4 is 10.6 Å². The van der Waals surface area contributed by atoms with E-state index in [0.29, 0.717) is 5.95 Å². The normalized spacial score (nSPS) is 10.5. The molecule has 0 amide bonds. The van der Waals surface area contributed by atoms with Gasteiger partial charge in [-0.1, -0.05) is 30.3 Å². The van der Waals surface area contributed by atoms with Crippen molar-refractivity contribution >= 4 is 11.8 Å². The van der Waals surface area contributed by atoms with Crippen LogP contribution in [-0.4, -0.2) is 36.8 Å². The summed E-state index contributed by atoms with van der Waals surface area (Å²) in [7, 11) is 1.71. The highest BCUT2D eigenvalue weighted by Gasteiger charge is 2.02. The maximum Gasteiger partial charge on any atom is 0.224 e. The Morgan fingerprint density at radius 3 is 2.57 bits per heavy atom. The minimum absolute atomic E-state index is 0.687. The maximum absolute atomic E-state index is 5.04. The van der Waals surface area contributed by atoms with E-state index in [1.165, 1.54) is 5.56 Å². The molecular formula is C18H26N4O. The second kappa shape index (κ2) is 9.79. The SMILES string of the molecule is COCCCNc1cc(C)nc(NCCCc2ccccc2)n1. The van der Waals surface area contributed by atoms with E-state index in [1.807, 2.05) is 19.1 Å². The summed E-state index contributed by atoms with van der Waals surface area (Å²) in [6.07, 6.45) is 3.07. The predicted molar refractivity (Wildman–Crippen MR) is 95.0 cm³/mol. The van der Waals surface area contributed by atoms with Crippen LogP contribution in [0.15, 0.2) is 36.4 Å². The molecule has 0 radical (unpaired) electrons. The lowest BCUT2D eigenvalue weighted by Gasteiger charge is -2.10. The number of aromatic nitrogens is 2. The summed E-state index contributed by atoms with van der Waals surface area (Å²) < 4.78 is 5.04. The van der Waals surface area contributed by atoms with E-state index in [1.54, 1.807) is 7.11 Å². The van der Waals surface area contributed by atoms with Gasteiger partial charge in [0.15, 0.2) is 0 Å². The van der Waals surface area contributed by atoms with Crippen LogP contribution in [0, 0.1) is 6.92 Å². The molecule has 0 saturated carbocycles. The van der Waals surface area contributed by atoms with Gasteiger partial charge in [0.05, 0.1) is 0 Å². The smallest absolute Gasteiger partial charge is 0.224 e. The number of hydrogen-bond donors (Lipinski definition) is 2. The van der Waals surface area contributed by atoms with Gasteiger partial charge in [-0.05, 0) is 31.7 Å². The second-order valence-corrected chi connectivity index (χ2v) is 5.51. The third kappa shape index (κ3) is 6.65. The number of rotatable bonds is 10. The number of aryl methyl sites for hydroxylation is 2. The van der Waals surface area contributed by atoms with Gasteiger partial charge in [-0.15, -0.1) is 0 Å². The summed E-state index contributed by atoms with van der Waals surface area (Å²) in [5, 5.41) is 6.62. The number of nitrogens with zero attached hydrogens (tertiary/aromatic N) is 2. The first-order valence-electron chi connectivity index (χ1n) is 8.14. The Morgan fingerprint density at radius 1 is 1.00 bits per heavy atom. The zero-order valence-corrected chi connectivity index (χ0v) is 14.0. The average Bonchev–Trinajstić information content (AvgIpc) is 2.56. The third-order valence-electron chi connectivity index (χ3n) is 3.45. The van der Waals surface area contributed by atoms with Crippen molar-refractivity contribution in [2.45, 2.75) is 26.2 Å². The number of anilines is 2. The highest BCUT2D eigenvalue weighted by molar-refractivity contribution is 5.42. The molecule has 1 aromatic carbocycles. The molecular weight excluding hydrogens is 288 g/mol. The molecule has 1 heterocycles. The summed E-state index contributed by atoms with van der Waals surface area (Å²) in [6, 6.07) is 12.5. The first-order chi connectivity index (χ1) is 11.3. The van der Waals surface area contributed by atoms with E-state index in [4.69, 9.17) is 4.74 Å². The van der Waals surface area contributed by atoms with Crippen LogP contribution in [0.1, 0.15) is 24.1 Å². The maximum atomic E-state index is 5.04. The topological polar surface area (TPSA) is 59.1 Å². The van der Waals surface area contributed by atoms with Crippen LogP contribution in [0.2, 0.25) is 0 Å². The summed E-state index contributed by atoms with van der Waals surface area (Å²) >= 11 is 0. The summed E-state index contributed by atoms with van der Waals surface area (Å²) in [5.74, 6) is 1.55. The van der Waals surface area contributed by atoms with Crippen molar-refractivity contribution in [3.8, 4) is 0 Å². The van der Waals surface area contributed by atoms with Crippen LogP contribution >= 0.6 is 0 Å². The van der Waals surface area contributed by atoms with Gasteiger partial charge >= 0.3 is 0 Å². The van der Waals surface area contributed by atoms with Crippen molar-refractivity contribution in [3.63, 3.8) is 0 Å². The van der Waals surface area contributed by atoms with Crippen LogP contribution in [0.3, 0.4) is 0 Å². The number of benzene rings is 1. The summed E-state index contributed by atoms with van der Waals surface area (Å²) in [6.45, 7) is 4.44. The molecule has 0 fully saturated rings. The first-order valence-corrected chi connectivity index (χ1v) is 8.14. The van der Waals surface area contributed by atoms with Crippen LogP contribution in [0.5, 0.6) is 0 Å². The van der Waals surface area contributed by atoms with Gasteiger partial charge in [-0.3, -0.25) is 0 Å². The Morgan fingerprint density at radius 2 is 1.78 bits per heavy atom. The molecule has 1 aromatic heterocycles. The fraction of sp³-hybridized carbons (Fsp3) is 0.444. The van der Waals surface area contributed by atoms with Gasteiger partial charge < -0.3 is 15.4 Å². The molecule has 2 aromatic rings. The molecule has 0 aliphatic rings. The van der Waals surface area contributed by atoms with Crippen LogP contribution in [0.4, 0.5) is 11.8 Å². The molecule has 0 aliphatic carbocycles. The van der Waals surface area contributed by atoms with Crippen molar-refractivity contribution in [1.82, 2.24) is 9.97 Å². The Hall–Kier alpha value is -2.14. The molecule has 0 spiro atoms. The van der Waals surface area contributed by atoms with E-state index >= 15 is 0 Å². The van der Waals surface area contributed by atoms with E-state index < -0.39 is 0 Å². The van der Waals surface area contributed by atoms with Gasteiger partial charge in [0.25, 0.3) is 0 Å². The van der Waals surface area contributed by atoms with Crippen molar-refractivity contribution in [3.05, 3.63) is 47.7 Å². The van der Waals surface area contributed by atoms with Crippen LogP contribution in [-0.2, 0) is 11.2 Å². The molecule has 2 rings (SSSR count). The molecule has 0 saturated heterocycles. The van der Waals surface area contributed by atoms with Gasteiger partial charge in [-0.2, -0.15) is 4.98 Å². The predicted octanol–water partition coefficient (Wildman–Crippen LogP) is 3.28. The average molecular weight is 314 g/mol. The van der Waals surface area contributed by atoms with Crippen molar-refractivity contribution < 1.29 is 4.74 Å². The van der Waals surface area contributed by atoms with E-state index in [0.717, 1.165) is 50.5 Å². The highest BCUT2D eigenvalue weighted by atomic mass is 16.5. The van der Waals surface area contributed by atoms with Gasteiger partial charge in [0, 0.05) is 38.6 Å². The number of methoxy groups -OCH3 is 1. The van der Waals surface area contributed by atoms with E-state index in [-0.39, 0.29) is 0 Å². The molecule has 0 unspecified atom stereocenters. The first kappa shape index (κ1) is 17.2. The lowest BCUT2D eigenvalue weighted by Crippen LogP contribution is -2.11. The molecule has 5 heteroatoms. The van der Waals surface area contributed by atoms with E-state index in [9.17, 15) is 0 Å². The Kier molecular flexibility index (Phi) is 7.33. The third-order valence-corrected chi connectivity index (χ3v) is 3.45. The van der Waals surface area contributed by atoms with E-state index in [2.05, 4.69) is 44.9 Å². The van der Waals surface area contributed by atoms with Crippen molar-refractivity contribution in [1.29, 1.82) is 0 Å². The fourth-order valence-electron chi connectivity index (χ4n) is 2.31. The highest BCUT2D eigenvalue weighted by Crippen LogP contribution is 2.10. The molecule has 124 valence electrons. The summed E-state index contributed by atoms with van der Waals surface area (Å²) in [5.41, 5.74) is 2.32. The van der Waals surface area contributed by atoms with Crippen molar-refractivity contribution in [2.75, 3.05) is 37.4 Å². The Balaban J connectivity index is 1.76. The standard InChI is InChI=1S/C18H26N4O/c1-15-14-17(19-12-7-13-23-2)22-18(21-15)20-11-6-10-16-8-4-3-5-9-16/h3-5,8-9,14H,6-7,10-13H2,1-2H3,(H2,19,20,21,22). The molecule has 2 N–H and O–H groups in total. The largest absolute Gasteiger partial charge is 0.385 e. The van der Waals surface area contributed by atoms with Crippen LogP contribution in [0.25, 0.3) is 0 Å². The van der Waals surface area contributed by atoms with Gasteiger partial charge in [0.2, 0.25) is 5.95 Å². The lowest BCUT2D eigenvalue weighted by molar-refractivity contribution is 0.198. The second-order valence-electron chi connectivity index (χ2n) is 5.51. The monoisotopic (exact) mass is 314 g/mol. The molecule has 23 heavy (non-hydrogen) atoms. The number of ether oxygens (including phenoxy) is 1. The zero-order chi connectivity index (χ0) is 16.3.